The molecule has 78 valence electrons. The van der Waals surface area contributed by atoms with Crippen molar-refractivity contribution in [1.29, 1.82) is 5.26 Å². The zero-order chi connectivity index (χ0) is 10.7. The maximum Gasteiger partial charge on any atom is 0.137 e. The lowest BCUT2D eigenvalue weighted by atomic mass is 10.2. The first-order valence-electron chi connectivity index (χ1n) is 4.73. The van der Waals surface area contributed by atoms with Crippen molar-refractivity contribution in [3.63, 3.8) is 0 Å². The third-order valence-corrected chi connectivity index (χ3v) is 2.48. The van der Waals surface area contributed by atoms with Gasteiger partial charge in [0.1, 0.15) is 17.9 Å². The van der Waals surface area contributed by atoms with Crippen LogP contribution in [0.25, 0.3) is 0 Å². The van der Waals surface area contributed by atoms with E-state index >= 15 is 0 Å². The number of nitriles is 1. The number of hydrogen-bond donors (Lipinski definition) is 0. The fourth-order valence-electron chi connectivity index (χ4n) is 1.48. The van der Waals surface area contributed by atoms with Crippen molar-refractivity contribution in [2.45, 2.75) is 12.5 Å². The van der Waals surface area contributed by atoms with Gasteiger partial charge in [-0.15, -0.1) is 0 Å². The van der Waals surface area contributed by atoms with Crippen LogP contribution in [0.2, 0.25) is 5.02 Å². The van der Waals surface area contributed by atoms with Gasteiger partial charge in [0, 0.05) is 11.4 Å². The lowest BCUT2D eigenvalue weighted by molar-refractivity contribution is 0.141. The molecule has 1 aliphatic heterocycles. The second kappa shape index (κ2) is 4.52. The van der Waals surface area contributed by atoms with E-state index in [-0.39, 0.29) is 6.10 Å². The molecule has 3 nitrogen and oxygen atoms in total. The molecule has 0 radical (unpaired) electrons. The highest BCUT2D eigenvalue weighted by Gasteiger charge is 2.18. The van der Waals surface area contributed by atoms with Crippen molar-refractivity contribution >= 4 is 11.6 Å². The van der Waals surface area contributed by atoms with E-state index in [4.69, 9.17) is 26.3 Å². The first kappa shape index (κ1) is 10.3. The molecule has 0 aliphatic carbocycles. The monoisotopic (exact) mass is 223 g/mol. The molecule has 15 heavy (non-hydrogen) atoms. The van der Waals surface area contributed by atoms with Gasteiger partial charge in [-0.25, -0.2) is 0 Å². The van der Waals surface area contributed by atoms with Crippen LogP contribution in [0.1, 0.15) is 12.0 Å². The second-order valence-electron chi connectivity index (χ2n) is 3.36. The number of nitrogens with zero attached hydrogens (tertiary/aromatic N) is 1. The van der Waals surface area contributed by atoms with Crippen molar-refractivity contribution in [3.8, 4) is 11.8 Å². The molecular weight excluding hydrogens is 214 g/mol. The second-order valence-corrected chi connectivity index (χ2v) is 3.79. The summed E-state index contributed by atoms with van der Waals surface area (Å²) in [6.45, 7) is 1.31. The van der Waals surface area contributed by atoms with Crippen molar-refractivity contribution in [3.05, 3.63) is 28.8 Å². The Morgan fingerprint density at radius 1 is 1.53 bits per heavy atom. The van der Waals surface area contributed by atoms with Crippen LogP contribution in [0.5, 0.6) is 5.75 Å². The molecule has 0 bridgehead atoms. The lowest BCUT2D eigenvalue weighted by Gasteiger charge is -2.12. The summed E-state index contributed by atoms with van der Waals surface area (Å²) in [6, 6.07) is 7.10. The smallest absolute Gasteiger partial charge is 0.137 e. The minimum Gasteiger partial charge on any atom is -0.487 e. The van der Waals surface area contributed by atoms with Crippen LogP contribution in [-0.4, -0.2) is 19.3 Å². The van der Waals surface area contributed by atoms with E-state index in [1.54, 1.807) is 18.2 Å². The largest absolute Gasteiger partial charge is 0.487 e. The van der Waals surface area contributed by atoms with Crippen LogP contribution >= 0.6 is 11.6 Å². The van der Waals surface area contributed by atoms with E-state index in [9.17, 15) is 0 Å². The quantitative estimate of drug-likeness (QED) is 0.773. The summed E-state index contributed by atoms with van der Waals surface area (Å²) in [5, 5.41) is 9.44. The summed E-state index contributed by atoms with van der Waals surface area (Å²) in [5.74, 6) is 0.581. The fraction of sp³-hybridized carbons (Fsp3) is 0.364. The van der Waals surface area contributed by atoms with Gasteiger partial charge in [0.15, 0.2) is 0 Å². The van der Waals surface area contributed by atoms with Gasteiger partial charge < -0.3 is 9.47 Å². The van der Waals surface area contributed by atoms with Gasteiger partial charge in [-0.3, -0.25) is 0 Å². The highest BCUT2D eigenvalue weighted by atomic mass is 35.5. The number of halogens is 1. The zero-order valence-corrected chi connectivity index (χ0v) is 8.83. The Morgan fingerprint density at radius 2 is 2.40 bits per heavy atom. The lowest BCUT2D eigenvalue weighted by Crippen LogP contribution is -2.16. The SMILES string of the molecule is N#Cc1cc(Cl)ccc1OC1CCOC1. The molecule has 2 rings (SSSR count). The van der Waals surface area contributed by atoms with Crippen LogP contribution in [0.4, 0.5) is 0 Å². The Labute approximate surface area is 93.2 Å². The standard InChI is InChI=1S/C11H10ClNO2/c12-9-1-2-11(8(5-9)6-13)15-10-3-4-14-7-10/h1-2,5,10H,3-4,7H2. The van der Waals surface area contributed by atoms with Gasteiger partial charge in [0.05, 0.1) is 18.8 Å². The van der Waals surface area contributed by atoms with Crippen LogP contribution in [0.15, 0.2) is 18.2 Å². The zero-order valence-electron chi connectivity index (χ0n) is 8.07. The highest BCUT2D eigenvalue weighted by molar-refractivity contribution is 6.30. The average Bonchev–Trinajstić information content (AvgIpc) is 2.73. The van der Waals surface area contributed by atoms with E-state index in [0.717, 1.165) is 13.0 Å². The molecule has 4 heteroatoms. The molecule has 1 atom stereocenters. The third kappa shape index (κ3) is 2.41. The minimum absolute atomic E-state index is 0.0540. The number of benzene rings is 1. The molecule has 0 saturated carbocycles. The van der Waals surface area contributed by atoms with Crippen molar-refractivity contribution in [1.82, 2.24) is 0 Å². The van der Waals surface area contributed by atoms with Crippen LogP contribution in [-0.2, 0) is 4.74 Å². The highest BCUT2D eigenvalue weighted by Crippen LogP contribution is 2.24. The maximum absolute atomic E-state index is 8.90. The predicted molar refractivity (Wildman–Crippen MR) is 56.0 cm³/mol. The van der Waals surface area contributed by atoms with E-state index in [2.05, 4.69) is 6.07 Å². The van der Waals surface area contributed by atoms with E-state index in [1.807, 2.05) is 0 Å². The summed E-state index contributed by atoms with van der Waals surface area (Å²) in [7, 11) is 0. The van der Waals surface area contributed by atoms with Gasteiger partial charge in [-0.05, 0) is 18.2 Å². The summed E-state index contributed by atoms with van der Waals surface area (Å²) in [4.78, 5) is 0. The Hall–Kier alpha value is -1.24. The Balaban J connectivity index is 2.16. The number of rotatable bonds is 2. The number of hydrogen-bond acceptors (Lipinski definition) is 3. The summed E-state index contributed by atoms with van der Waals surface area (Å²) in [6.07, 6.45) is 0.923. The topological polar surface area (TPSA) is 42.2 Å². The van der Waals surface area contributed by atoms with E-state index in [1.165, 1.54) is 0 Å². The average molecular weight is 224 g/mol. The van der Waals surface area contributed by atoms with E-state index < -0.39 is 0 Å². The van der Waals surface area contributed by atoms with Crippen LogP contribution in [0, 0.1) is 11.3 Å². The molecule has 1 aromatic rings. The van der Waals surface area contributed by atoms with Crippen molar-refractivity contribution in [2.75, 3.05) is 13.2 Å². The Kier molecular flexibility index (Phi) is 3.10. The van der Waals surface area contributed by atoms with E-state index in [0.29, 0.717) is 22.9 Å². The first-order valence-corrected chi connectivity index (χ1v) is 5.11. The maximum atomic E-state index is 8.90. The van der Waals surface area contributed by atoms with Gasteiger partial charge in [0.25, 0.3) is 0 Å². The molecule has 1 heterocycles. The van der Waals surface area contributed by atoms with Crippen molar-refractivity contribution < 1.29 is 9.47 Å². The Bertz CT molecular complexity index is 394. The molecule has 1 saturated heterocycles. The first-order chi connectivity index (χ1) is 7.29. The summed E-state index contributed by atoms with van der Waals surface area (Å²) < 4.78 is 10.8. The third-order valence-electron chi connectivity index (χ3n) is 2.24. The van der Waals surface area contributed by atoms with Crippen LogP contribution in [0.3, 0.4) is 0 Å². The van der Waals surface area contributed by atoms with Gasteiger partial charge in [0.2, 0.25) is 0 Å². The predicted octanol–water partition coefficient (Wildman–Crippen LogP) is 2.38. The molecule has 1 fully saturated rings. The molecule has 0 spiro atoms. The fourth-order valence-corrected chi connectivity index (χ4v) is 1.65. The molecule has 0 N–H and O–H groups in total. The molecule has 1 aliphatic rings. The van der Waals surface area contributed by atoms with Gasteiger partial charge in [-0.1, -0.05) is 11.6 Å². The summed E-state index contributed by atoms with van der Waals surface area (Å²) >= 11 is 5.78. The Morgan fingerprint density at radius 3 is 3.07 bits per heavy atom. The van der Waals surface area contributed by atoms with Gasteiger partial charge in [-0.2, -0.15) is 5.26 Å². The van der Waals surface area contributed by atoms with Gasteiger partial charge >= 0.3 is 0 Å². The molecule has 0 amide bonds. The summed E-state index contributed by atoms with van der Waals surface area (Å²) in [5.41, 5.74) is 0.467. The minimum atomic E-state index is 0.0540. The molecular formula is C11H10ClNO2. The van der Waals surface area contributed by atoms with Crippen LogP contribution < -0.4 is 4.74 Å². The molecule has 0 aromatic heterocycles. The normalized spacial score (nSPS) is 19.9. The van der Waals surface area contributed by atoms with Crippen molar-refractivity contribution in [2.24, 2.45) is 0 Å². The molecule has 1 unspecified atom stereocenters. The number of ether oxygens (including phenoxy) is 2. The molecule has 1 aromatic carbocycles.